The summed E-state index contributed by atoms with van der Waals surface area (Å²) in [6, 6.07) is 7.26. The van der Waals surface area contributed by atoms with Gasteiger partial charge in [0, 0.05) is 37.9 Å². The van der Waals surface area contributed by atoms with E-state index in [1.54, 1.807) is 0 Å². The van der Waals surface area contributed by atoms with Crippen LogP contribution in [-0.2, 0) is 6.54 Å². The van der Waals surface area contributed by atoms with Crippen LogP contribution in [0.25, 0.3) is 5.65 Å². The van der Waals surface area contributed by atoms with Crippen LogP contribution in [0.3, 0.4) is 0 Å². The first kappa shape index (κ1) is 17.7. The quantitative estimate of drug-likeness (QED) is 0.563. The first-order valence-electron chi connectivity index (χ1n) is 9.25. The molecule has 0 aliphatic heterocycles. The van der Waals surface area contributed by atoms with E-state index in [9.17, 15) is 0 Å². The Morgan fingerprint density at radius 2 is 2.16 bits per heavy atom. The van der Waals surface area contributed by atoms with Gasteiger partial charge >= 0.3 is 0 Å². The normalized spacial score (nSPS) is 15.3. The van der Waals surface area contributed by atoms with E-state index >= 15 is 0 Å². The summed E-state index contributed by atoms with van der Waals surface area (Å²) in [6.45, 7) is 9.89. The van der Waals surface area contributed by atoms with Gasteiger partial charge in [-0.1, -0.05) is 6.07 Å². The van der Waals surface area contributed by atoms with Gasteiger partial charge in [0.05, 0.1) is 0 Å². The average Bonchev–Trinajstić information content (AvgIpc) is 3.36. The van der Waals surface area contributed by atoms with Crippen molar-refractivity contribution in [1.29, 1.82) is 0 Å². The molecule has 1 aliphatic rings. The van der Waals surface area contributed by atoms with Gasteiger partial charge in [-0.3, -0.25) is 9.30 Å². The number of nitrogens with zero attached hydrogens (tertiary/aromatic N) is 5. The molecule has 1 aliphatic carbocycles. The Bertz CT molecular complexity index is 700. The number of hydrogen-bond donors (Lipinski definition) is 2. The van der Waals surface area contributed by atoms with Crippen molar-refractivity contribution in [2.24, 2.45) is 4.99 Å². The Kier molecular flexibility index (Phi) is 5.86. The number of rotatable bonds is 8. The van der Waals surface area contributed by atoms with E-state index in [4.69, 9.17) is 0 Å². The SMILES string of the molecule is CCNC(=NCc1nnc2ccccn12)NCCN(C(C)C)C1CC1. The molecule has 0 atom stereocenters. The maximum Gasteiger partial charge on any atom is 0.191 e. The van der Waals surface area contributed by atoms with Crippen molar-refractivity contribution in [1.82, 2.24) is 30.1 Å². The van der Waals surface area contributed by atoms with Crippen molar-refractivity contribution in [3.8, 4) is 0 Å². The highest BCUT2D eigenvalue weighted by atomic mass is 15.3. The van der Waals surface area contributed by atoms with Gasteiger partial charge in [0.2, 0.25) is 0 Å². The fraction of sp³-hybridized carbons (Fsp3) is 0.611. The smallest absolute Gasteiger partial charge is 0.191 e. The van der Waals surface area contributed by atoms with Crippen LogP contribution in [0.5, 0.6) is 0 Å². The van der Waals surface area contributed by atoms with E-state index in [0.717, 1.165) is 43.1 Å². The van der Waals surface area contributed by atoms with Gasteiger partial charge in [-0.05, 0) is 45.7 Å². The third kappa shape index (κ3) is 4.69. The van der Waals surface area contributed by atoms with Crippen LogP contribution >= 0.6 is 0 Å². The number of fused-ring (bicyclic) bond motifs is 1. The van der Waals surface area contributed by atoms with Gasteiger partial charge in [0.1, 0.15) is 6.54 Å². The van der Waals surface area contributed by atoms with Gasteiger partial charge in [-0.25, -0.2) is 4.99 Å². The Morgan fingerprint density at radius 1 is 1.32 bits per heavy atom. The second-order valence-electron chi connectivity index (χ2n) is 6.73. The van der Waals surface area contributed by atoms with Crippen LogP contribution in [0, 0.1) is 0 Å². The lowest BCUT2D eigenvalue weighted by molar-refractivity contribution is 0.215. The summed E-state index contributed by atoms with van der Waals surface area (Å²) in [7, 11) is 0. The highest BCUT2D eigenvalue weighted by Crippen LogP contribution is 2.27. The Labute approximate surface area is 149 Å². The molecule has 0 radical (unpaired) electrons. The number of guanidine groups is 1. The average molecular weight is 343 g/mol. The molecule has 0 amide bonds. The maximum atomic E-state index is 4.66. The second kappa shape index (κ2) is 8.29. The molecule has 1 fully saturated rings. The molecule has 0 saturated heterocycles. The predicted octanol–water partition coefficient (Wildman–Crippen LogP) is 1.66. The molecule has 0 aromatic carbocycles. The molecule has 7 nitrogen and oxygen atoms in total. The molecule has 0 spiro atoms. The minimum atomic E-state index is 0.497. The van der Waals surface area contributed by atoms with Crippen LogP contribution in [0.4, 0.5) is 0 Å². The standard InChI is InChI=1S/C18H29N7/c1-4-19-18(20-10-12-24(14(2)3)15-8-9-15)21-13-17-23-22-16-7-5-6-11-25(16)17/h5-7,11,14-15H,4,8-10,12-13H2,1-3H3,(H2,19,20,21). The number of hydrogen-bond acceptors (Lipinski definition) is 4. The molecule has 2 aromatic heterocycles. The number of pyridine rings is 1. The fourth-order valence-corrected chi connectivity index (χ4v) is 3.06. The van der Waals surface area contributed by atoms with Crippen molar-refractivity contribution in [2.45, 2.75) is 52.2 Å². The molecule has 136 valence electrons. The third-order valence-electron chi connectivity index (χ3n) is 4.45. The van der Waals surface area contributed by atoms with E-state index in [-0.39, 0.29) is 0 Å². The zero-order chi connectivity index (χ0) is 17.6. The van der Waals surface area contributed by atoms with Crippen molar-refractivity contribution in [2.75, 3.05) is 19.6 Å². The molecule has 0 unspecified atom stereocenters. The topological polar surface area (TPSA) is 69.8 Å². The lowest BCUT2D eigenvalue weighted by Gasteiger charge is -2.26. The molecule has 2 aromatic rings. The summed E-state index contributed by atoms with van der Waals surface area (Å²) in [4.78, 5) is 7.23. The first-order chi connectivity index (χ1) is 12.2. The van der Waals surface area contributed by atoms with Gasteiger partial charge in [0.15, 0.2) is 17.4 Å². The van der Waals surface area contributed by atoms with Gasteiger partial charge in [-0.2, -0.15) is 0 Å². The molecule has 7 heteroatoms. The highest BCUT2D eigenvalue weighted by Gasteiger charge is 2.30. The summed E-state index contributed by atoms with van der Waals surface area (Å²) in [5.74, 6) is 1.67. The van der Waals surface area contributed by atoms with E-state index in [1.165, 1.54) is 12.8 Å². The molecule has 2 heterocycles. The lowest BCUT2D eigenvalue weighted by atomic mass is 10.3. The zero-order valence-electron chi connectivity index (χ0n) is 15.4. The Morgan fingerprint density at radius 3 is 2.88 bits per heavy atom. The van der Waals surface area contributed by atoms with Crippen molar-refractivity contribution in [3.63, 3.8) is 0 Å². The minimum absolute atomic E-state index is 0.497. The largest absolute Gasteiger partial charge is 0.357 e. The lowest BCUT2D eigenvalue weighted by Crippen LogP contribution is -2.43. The van der Waals surface area contributed by atoms with Crippen LogP contribution in [0.15, 0.2) is 29.4 Å². The Hall–Kier alpha value is -2.15. The number of aromatic nitrogens is 3. The third-order valence-corrected chi connectivity index (χ3v) is 4.45. The highest BCUT2D eigenvalue weighted by molar-refractivity contribution is 5.79. The minimum Gasteiger partial charge on any atom is -0.357 e. The van der Waals surface area contributed by atoms with Crippen molar-refractivity contribution < 1.29 is 0 Å². The van der Waals surface area contributed by atoms with E-state index in [0.29, 0.717) is 12.6 Å². The molecule has 1 saturated carbocycles. The van der Waals surface area contributed by atoms with Crippen LogP contribution in [-0.4, -0.2) is 57.2 Å². The number of aliphatic imine (C=N–C) groups is 1. The van der Waals surface area contributed by atoms with E-state index in [1.807, 2.05) is 28.8 Å². The molecular weight excluding hydrogens is 314 g/mol. The Balaban J connectivity index is 1.57. The molecule has 2 N–H and O–H groups in total. The first-order valence-corrected chi connectivity index (χ1v) is 9.25. The molecule has 3 rings (SSSR count). The van der Waals surface area contributed by atoms with E-state index in [2.05, 4.69) is 51.5 Å². The van der Waals surface area contributed by atoms with Gasteiger partial charge < -0.3 is 10.6 Å². The maximum absolute atomic E-state index is 4.66. The van der Waals surface area contributed by atoms with E-state index < -0.39 is 0 Å². The van der Waals surface area contributed by atoms with Crippen LogP contribution < -0.4 is 10.6 Å². The summed E-state index contributed by atoms with van der Waals surface area (Å²) < 4.78 is 1.97. The second-order valence-corrected chi connectivity index (χ2v) is 6.73. The predicted molar refractivity (Wildman–Crippen MR) is 101 cm³/mol. The van der Waals surface area contributed by atoms with Gasteiger partial charge in [0.25, 0.3) is 0 Å². The summed E-state index contributed by atoms with van der Waals surface area (Å²) in [5.41, 5.74) is 0.850. The van der Waals surface area contributed by atoms with Gasteiger partial charge in [-0.15, -0.1) is 10.2 Å². The molecule has 0 bridgehead atoms. The fourth-order valence-electron chi connectivity index (χ4n) is 3.06. The monoisotopic (exact) mass is 343 g/mol. The summed E-state index contributed by atoms with van der Waals surface area (Å²) in [6.07, 6.45) is 4.65. The summed E-state index contributed by atoms with van der Waals surface area (Å²) >= 11 is 0. The van der Waals surface area contributed by atoms with Crippen molar-refractivity contribution in [3.05, 3.63) is 30.2 Å². The zero-order valence-corrected chi connectivity index (χ0v) is 15.4. The summed E-state index contributed by atoms with van der Waals surface area (Å²) in [5, 5.41) is 15.1. The van der Waals surface area contributed by atoms with Crippen molar-refractivity contribution >= 4 is 11.6 Å². The number of nitrogens with one attached hydrogen (secondary N) is 2. The molecule has 25 heavy (non-hydrogen) atoms. The van der Waals surface area contributed by atoms with Crippen LogP contribution in [0.2, 0.25) is 0 Å². The molecular formula is C18H29N7. The van der Waals surface area contributed by atoms with Crippen LogP contribution in [0.1, 0.15) is 39.4 Å².